The fraction of sp³-hybridized carbons (Fsp3) is 0.125. The molecule has 0 radical (unpaired) electrons. The predicted octanol–water partition coefficient (Wildman–Crippen LogP) is 4.21. The minimum atomic E-state index is -4.46. The zero-order valence-corrected chi connectivity index (χ0v) is 26.4. The minimum absolute atomic E-state index is 0.189. The van der Waals surface area contributed by atoms with Gasteiger partial charge in [-0.1, -0.05) is 66.8 Å². The summed E-state index contributed by atoms with van der Waals surface area (Å²) >= 11 is 0. The summed E-state index contributed by atoms with van der Waals surface area (Å²) in [5.41, 5.74) is 1.41. The highest BCUT2D eigenvalue weighted by Gasteiger charge is 2.39. The van der Waals surface area contributed by atoms with Crippen molar-refractivity contribution in [2.75, 3.05) is 21.3 Å². The molecule has 0 spiro atoms. The van der Waals surface area contributed by atoms with Gasteiger partial charge in [-0.2, -0.15) is 16.8 Å². The molecule has 3 aliphatic heterocycles. The van der Waals surface area contributed by atoms with Gasteiger partial charge in [0.25, 0.3) is 20.2 Å². The molecule has 9 rings (SSSR count). The molecule has 4 unspecified atom stereocenters. The molecule has 10 N–H and O–H groups in total. The van der Waals surface area contributed by atoms with E-state index in [9.17, 15) is 25.9 Å². The van der Waals surface area contributed by atoms with Crippen LogP contribution < -0.4 is 31.9 Å². The molecule has 2 aliphatic carbocycles. The maximum Gasteiger partial charge on any atom is 0.294 e. The van der Waals surface area contributed by atoms with Gasteiger partial charge in [0, 0.05) is 44.5 Å². The number of hydrogen-bond acceptors (Lipinski definition) is 10. The first kappa shape index (κ1) is 28.8. The van der Waals surface area contributed by atoms with Crippen molar-refractivity contribution >= 4 is 65.1 Å². The molecule has 2 aromatic carbocycles. The summed E-state index contributed by atoms with van der Waals surface area (Å²) in [6.07, 6.45) is 8.22. The summed E-state index contributed by atoms with van der Waals surface area (Å²) in [5.74, 6) is 2.98. The van der Waals surface area contributed by atoms with Crippen molar-refractivity contribution in [3.8, 4) is 0 Å². The molecule has 5 heterocycles. The van der Waals surface area contributed by atoms with Crippen molar-refractivity contribution in [2.45, 2.75) is 12.3 Å². The molecule has 0 saturated heterocycles. The fourth-order valence-electron chi connectivity index (χ4n) is 7.06. The van der Waals surface area contributed by atoms with E-state index >= 15 is 0 Å². The van der Waals surface area contributed by atoms with Gasteiger partial charge in [-0.05, 0) is 18.2 Å². The number of rotatable bonds is 2. The highest BCUT2D eigenvalue weighted by Crippen LogP contribution is 2.41. The molecule has 0 saturated carbocycles. The molecule has 5 aliphatic rings. The smallest absolute Gasteiger partial charge is 0.294 e. The summed E-state index contributed by atoms with van der Waals surface area (Å²) in [5, 5.41) is 24.4. The van der Waals surface area contributed by atoms with Crippen molar-refractivity contribution in [1.82, 2.24) is 20.6 Å². The number of aromatic nitrogens is 2. The van der Waals surface area contributed by atoms with Crippen LogP contribution in [-0.4, -0.2) is 48.2 Å². The number of aromatic amines is 2. The van der Waals surface area contributed by atoms with Crippen molar-refractivity contribution in [2.24, 2.45) is 11.8 Å². The molecular weight excluding hydrogens is 657 g/mol. The van der Waals surface area contributed by atoms with Crippen LogP contribution in [0.1, 0.15) is 0 Å². The first-order chi connectivity index (χ1) is 23.0. The summed E-state index contributed by atoms with van der Waals surface area (Å²) in [6, 6.07) is 15.5. The highest BCUT2D eigenvalue weighted by atomic mass is 32.2. The van der Waals surface area contributed by atoms with Crippen molar-refractivity contribution in [3.63, 3.8) is 0 Å². The van der Waals surface area contributed by atoms with Gasteiger partial charge in [-0.25, -0.2) is 0 Å². The van der Waals surface area contributed by atoms with Gasteiger partial charge in [0.1, 0.15) is 47.2 Å². The number of hydrogen-bond donors (Lipinski definition) is 10. The Bertz CT molecular complexity index is 2500. The molecule has 14 nitrogen and oxygen atoms in total. The van der Waals surface area contributed by atoms with Crippen LogP contribution in [0.4, 0.5) is 23.3 Å². The fourth-order valence-corrected chi connectivity index (χ4v) is 8.15. The monoisotopic (exact) mass is 684 g/mol. The van der Waals surface area contributed by atoms with Gasteiger partial charge < -0.3 is 41.9 Å². The predicted molar refractivity (Wildman–Crippen MR) is 184 cm³/mol. The third-order valence-corrected chi connectivity index (χ3v) is 11.0. The summed E-state index contributed by atoms with van der Waals surface area (Å²) in [6.45, 7) is 0. The van der Waals surface area contributed by atoms with Crippen LogP contribution in [0, 0.1) is 11.8 Å². The lowest BCUT2D eigenvalue weighted by Gasteiger charge is -2.24. The largest absolute Gasteiger partial charge is 0.351 e. The standard InChI is InChI=1S/C32H28N8O6S2/c41-47(42,43)15-9-11-21-23(13-15)32-38-28-20-8-4-2-6-18(20)26(34-28)36-30-22-12-10-16(48(44,45)46)14-24(22)31(40-30)37-27-19-7-3-1-5-17(19)25(33-27)35-29(21)39-32/h1-14,21,24,29,31,33-40H,(H,41,42,43)(H,44,45,46). The van der Waals surface area contributed by atoms with Crippen LogP contribution in [0.5, 0.6) is 0 Å². The van der Waals surface area contributed by atoms with E-state index in [0.717, 1.165) is 27.1 Å². The summed E-state index contributed by atoms with van der Waals surface area (Å²) in [7, 11) is -8.91. The molecule has 244 valence electrons. The van der Waals surface area contributed by atoms with E-state index in [1.165, 1.54) is 24.3 Å². The second-order valence-electron chi connectivity index (χ2n) is 12.1. The van der Waals surface area contributed by atoms with E-state index in [0.29, 0.717) is 40.5 Å². The minimum Gasteiger partial charge on any atom is -0.351 e. The van der Waals surface area contributed by atoms with Crippen LogP contribution >= 0.6 is 0 Å². The highest BCUT2D eigenvalue weighted by molar-refractivity contribution is 7.90. The van der Waals surface area contributed by atoms with Gasteiger partial charge >= 0.3 is 0 Å². The van der Waals surface area contributed by atoms with E-state index in [4.69, 9.17) is 0 Å². The molecule has 16 heteroatoms. The quantitative estimate of drug-likeness (QED) is 0.135. The maximum absolute atomic E-state index is 12.2. The Balaban J connectivity index is 1.24. The first-order valence-corrected chi connectivity index (χ1v) is 17.9. The number of nitrogens with one attached hydrogen (secondary N) is 8. The average Bonchev–Trinajstić information content (AvgIpc) is 3.79. The topological polar surface area (TPSA) is 212 Å². The van der Waals surface area contributed by atoms with Crippen LogP contribution in [-0.2, 0) is 20.2 Å². The number of H-pyrrole nitrogens is 2. The van der Waals surface area contributed by atoms with E-state index < -0.39 is 38.5 Å². The molecule has 4 aromatic rings. The maximum atomic E-state index is 12.2. The van der Waals surface area contributed by atoms with Crippen molar-refractivity contribution in [1.29, 1.82) is 0 Å². The van der Waals surface area contributed by atoms with E-state index in [2.05, 4.69) is 41.9 Å². The number of allylic oxidation sites excluding steroid dienone is 4. The lowest BCUT2D eigenvalue weighted by Crippen LogP contribution is -2.38. The van der Waals surface area contributed by atoms with Crippen molar-refractivity contribution in [3.05, 3.63) is 118 Å². The molecular formula is C32H28N8O6S2. The number of benzene rings is 2. The van der Waals surface area contributed by atoms with Gasteiger partial charge in [0.15, 0.2) is 0 Å². The van der Waals surface area contributed by atoms with E-state index in [1.54, 1.807) is 12.2 Å². The van der Waals surface area contributed by atoms with Gasteiger partial charge in [-0.15, -0.1) is 0 Å². The Morgan fingerprint density at radius 2 is 1.04 bits per heavy atom. The lowest BCUT2D eigenvalue weighted by molar-refractivity contribution is 0.489. The van der Waals surface area contributed by atoms with E-state index in [-0.39, 0.29) is 15.7 Å². The molecule has 0 amide bonds. The Morgan fingerprint density at radius 3 is 1.60 bits per heavy atom. The first-order valence-electron chi connectivity index (χ1n) is 15.1. The zero-order chi connectivity index (χ0) is 32.9. The summed E-state index contributed by atoms with van der Waals surface area (Å²) < 4.78 is 68.4. The Labute approximate surface area is 273 Å². The van der Waals surface area contributed by atoms with E-state index in [1.807, 2.05) is 48.5 Å². The molecule has 48 heavy (non-hydrogen) atoms. The van der Waals surface area contributed by atoms with Crippen LogP contribution in [0.3, 0.4) is 0 Å². The molecule has 0 fully saturated rings. The SMILES string of the molecule is O=S(=O)(O)C1=CC2=C3Nc4[nH]c(c5ccccc45)NC4=C5C=CC(S(=O)(=O)O)=CC5C(N4)Nc4[nH]c(c5ccccc45)NC(N3)C2C=C1. The van der Waals surface area contributed by atoms with Crippen LogP contribution in [0.2, 0.25) is 0 Å². The molecule has 4 atom stereocenters. The third-order valence-electron chi connectivity index (χ3n) is 9.28. The Morgan fingerprint density at radius 1 is 0.542 bits per heavy atom. The van der Waals surface area contributed by atoms with Crippen LogP contribution in [0.25, 0.3) is 21.5 Å². The van der Waals surface area contributed by atoms with Crippen LogP contribution in [0.15, 0.2) is 118 Å². The Kier molecular flexibility index (Phi) is 6.02. The third kappa shape index (κ3) is 4.52. The van der Waals surface area contributed by atoms with Gasteiger partial charge in [0.2, 0.25) is 0 Å². The Hall–Kier alpha value is -5.42. The number of fused-ring (bicyclic) bond motifs is 18. The molecule has 8 bridgehead atoms. The lowest BCUT2D eigenvalue weighted by atomic mass is 9.94. The normalized spacial score (nSPS) is 24.5. The second kappa shape index (κ2) is 10.0. The number of anilines is 4. The summed E-state index contributed by atoms with van der Waals surface area (Å²) in [4.78, 5) is 6.49. The second-order valence-corrected chi connectivity index (χ2v) is 14.9. The average molecular weight is 685 g/mol. The van der Waals surface area contributed by atoms with Gasteiger partial charge in [-0.3, -0.25) is 9.11 Å². The molecule has 2 aromatic heterocycles. The van der Waals surface area contributed by atoms with Crippen molar-refractivity contribution < 1.29 is 25.9 Å². The van der Waals surface area contributed by atoms with Gasteiger partial charge in [0.05, 0.1) is 9.81 Å². The zero-order valence-electron chi connectivity index (χ0n) is 24.7.